The standard InChI is InChI=1S/C15H16N2O2/c1-3-17(13-6-8-16-9-7-13)15(19)12-4-5-14(18)11(2)10-12/h4-10,18H,3H2,1-2H3. The average molecular weight is 256 g/mol. The number of aromatic hydroxyl groups is 1. The molecule has 0 spiro atoms. The molecule has 1 heterocycles. The Morgan fingerprint density at radius 2 is 1.95 bits per heavy atom. The Bertz CT molecular complexity index is 582. The molecule has 0 fully saturated rings. The summed E-state index contributed by atoms with van der Waals surface area (Å²) in [5.74, 6) is 0.111. The lowest BCUT2D eigenvalue weighted by Crippen LogP contribution is -2.30. The Kier molecular flexibility index (Phi) is 3.80. The third-order valence-electron chi connectivity index (χ3n) is 2.98. The SMILES string of the molecule is CCN(C(=O)c1ccc(O)c(C)c1)c1ccncc1. The summed E-state index contributed by atoms with van der Waals surface area (Å²) in [6.07, 6.45) is 3.32. The molecule has 0 atom stereocenters. The number of aryl methyl sites for hydroxylation is 1. The van der Waals surface area contributed by atoms with E-state index in [2.05, 4.69) is 4.98 Å². The van der Waals surface area contributed by atoms with E-state index >= 15 is 0 Å². The number of amides is 1. The van der Waals surface area contributed by atoms with Crippen molar-refractivity contribution < 1.29 is 9.90 Å². The minimum absolute atomic E-state index is 0.0863. The van der Waals surface area contributed by atoms with E-state index in [1.165, 1.54) is 0 Å². The fourth-order valence-electron chi connectivity index (χ4n) is 1.91. The topological polar surface area (TPSA) is 53.4 Å². The monoisotopic (exact) mass is 256 g/mol. The van der Waals surface area contributed by atoms with Crippen LogP contribution in [0, 0.1) is 6.92 Å². The maximum Gasteiger partial charge on any atom is 0.258 e. The number of rotatable bonds is 3. The molecule has 2 aromatic rings. The number of benzene rings is 1. The zero-order valence-electron chi connectivity index (χ0n) is 11.0. The molecule has 1 aromatic carbocycles. The third-order valence-corrected chi connectivity index (χ3v) is 2.98. The Morgan fingerprint density at radius 3 is 2.53 bits per heavy atom. The van der Waals surface area contributed by atoms with Crippen LogP contribution in [0.1, 0.15) is 22.8 Å². The van der Waals surface area contributed by atoms with Gasteiger partial charge in [-0.1, -0.05) is 0 Å². The van der Waals surface area contributed by atoms with Crippen molar-refractivity contribution in [2.75, 3.05) is 11.4 Å². The van der Waals surface area contributed by atoms with Crippen LogP contribution in [0.5, 0.6) is 5.75 Å². The molecule has 0 saturated carbocycles. The number of hydrogen-bond donors (Lipinski definition) is 1. The molecule has 4 heteroatoms. The summed E-state index contributed by atoms with van der Waals surface area (Å²) in [4.78, 5) is 18.1. The fourth-order valence-corrected chi connectivity index (χ4v) is 1.91. The van der Waals surface area contributed by atoms with Crippen LogP contribution >= 0.6 is 0 Å². The van der Waals surface area contributed by atoms with Gasteiger partial charge in [0, 0.05) is 30.2 Å². The third kappa shape index (κ3) is 2.73. The van der Waals surface area contributed by atoms with Gasteiger partial charge in [-0.25, -0.2) is 0 Å². The molecule has 98 valence electrons. The van der Waals surface area contributed by atoms with Crippen molar-refractivity contribution in [1.29, 1.82) is 0 Å². The van der Waals surface area contributed by atoms with Gasteiger partial charge in [-0.2, -0.15) is 0 Å². The minimum Gasteiger partial charge on any atom is -0.508 e. The predicted molar refractivity (Wildman–Crippen MR) is 74.4 cm³/mol. The number of pyridine rings is 1. The van der Waals surface area contributed by atoms with Gasteiger partial charge in [0.2, 0.25) is 0 Å². The van der Waals surface area contributed by atoms with Gasteiger partial charge >= 0.3 is 0 Å². The van der Waals surface area contributed by atoms with Crippen molar-refractivity contribution in [1.82, 2.24) is 4.98 Å². The molecule has 0 aliphatic heterocycles. The number of nitrogens with zero attached hydrogens (tertiary/aromatic N) is 2. The predicted octanol–water partition coefficient (Wildman–Crippen LogP) is 2.76. The van der Waals surface area contributed by atoms with Crippen LogP contribution in [0.25, 0.3) is 0 Å². The lowest BCUT2D eigenvalue weighted by molar-refractivity contribution is 0.0988. The summed E-state index contributed by atoms with van der Waals surface area (Å²) in [5, 5.41) is 9.51. The van der Waals surface area contributed by atoms with Crippen LogP contribution in [0.2, 0.25) is 0 Å². The maximum atomic E-state index is 12.5. The van der Waals surface area contributed by atoms with Gasteiger partial charge in [0.25, 0.3) is 5.91 Å². The minimum atomic E-state index is -0.0863. The molecule has 2 rings (SSSR count). The summed E-state index contributed by atoms with van der Waals surface area (Å²) in [7, 11) is 0. The van der Waals surface area contributed by atoms with Gasteiger partial charge in [0.15, 0.2) is 0 Å². The fraction of sp³-hybridized carbons (Fsp3) is 0.200. The van der Waals surface area contributed by atoms with Gasteiger partial charge in [0.05, 0.1) is 0 Å². The van der Waals surface area contributed by atoms with E-state index in [1.54, 1.807) is 54.5 Å². The second kappa shape index (κ2) is 5.52. The highest BCUT2D eigenvalue weighted by Gasteiger charge is 2.16. The molecule has 1 N–H and O–H groups in total. The first-order valence-corrected chi connectivity index (χ1v) is 6.15. The molecule has 4 nitrogen and oxygen atoms in total. The van der Waals surface area contributed by atoms with Crippen LogP contribution in [0.3, 0.4) is 0 Å². The first-order valence-electron chi connectivity index (χ1n) is 6.15. The zero-order valence-corrected chi connectivity index (χ0v) is 11.0. The lowest BCUT2D eigenvalue weighted by atomic mass is 10.1. The largest absolute Gasteiger partial charge is 0.508 e. The quantitative estimate of drug-likeness (QED) is 0.918. The summed E-state index contributed by atoms with van der Waals surface area (Å²) in [6.45, 7) is 4.27. The first-order chi connectivity index (χ1) is 9.13. The molecule has 19 heavy (non-hydrogen) atoms. The van der Waals surface area contributed by atoms with Crippen molar-refractivity contribution in [3.05, 3.63) is 53.9 Å². The van der Waals surface area contributed by atoms with E-state index in [0.29, 0.717) is 17.7 Å². The molecule has 0 radical (unpaired) electrons. The number of phenolic OH excluding ortho intramolecular Hbond substituents is 1. The van der Waals surface area contributed by atoms with Gasteiger partial charge in [-0.3, -0.25) is 9.78 Å². The number of hydrogen-bond acceptors (Lipinski definition) is 3. The molecule has 1 aromatic heterocycles. The van der Waals surface area contributed by atoms with E-state index in [0.717, 1.165) is 5.69 Å². The second-order valence-electron chi connectivity index (χ2n) is 4.26. The van der Waals surface area contributed by atoms with E-state index < -0.39 is 0 Å². The number of carbonyl (C=O) groups excluding carboxylic acids is 1. The number of anilines is 1. The van der Waals surface area contributed by atoms with Crippen molar-refractivity contribution in [3.8, 4) is 5.75 Å². The van der Waals surface area contributed by atoms with Crippen LogP contribution in [-0.4, -0.2) is 22.5 Å². The van der Waals surface area contributed by atoms with Gasteiger partial charge < -0.3 is 10.0 Å². The molecule has 0 bridgehead atoms. The van der Waals surface area contributed by atoms with Gasteiger partial charge in [-0.05, 0) is 49.7 Å². The van der Waals surface area contributed by atoms with E-state index in [9.17, 15) is 9.90 Å². The van der Waals surface area contributed by atoms with E-state index in [-0.39, 0.29) is 11.7 Å². The summed E-state index contributed by atoms with van der Waals surface area (Å²) < 4.78 is 0. The van der Waals surface area contributed by atoms with Crippen molar-refractivity contribution in [2.24, 2.45) is 0 Å². The first kappa shape index (κ1) is 13.1. The number of carbonyl (C=O) groups is 1. The van der Waals surface area contributed by atoms with E-state index in [1.807, 2.05) is 6.92 Å². The smallest absolute Gasteiger partial charge is 0.258 e. The molecule has 0 aliphatic carbocycles. The van der Waals surface area contributed by atoms with Crippen molar-refractivity contribution in [2.45, 2.75) is 13.8 Å². The molecule has 0 saturated heterocycles. The van der Waals surface area contributed by atoms with Crippen LogP contribution in [-0.2, 0) is 0 Å². The number of aromatic nitrogens is 1. The van der Waals surface area contributed by atoms with Crippen LogP contribution in [0.15, 0.2) is 42.7 Å². The zero-order chi connectivity index (χ0) is 13.8. The van der Waals surface area contributed by atoms with Crippen LogP contribution < -0.4 is 4.90 Å². The maximum absolute atomic E-state index is 12.5. The molecule has 1 amide bonds. The molecular formula is C15H16N2O2. The van der Waals surface area contributed by atoms with Crippen LogP contribution in [0.4, 0.5) is 5.69 Å². The summed E-state index contributed by atoms with van der Waals surface area (Å²) >= 11 is 0. The van der Waals surface area contributed by atoms with Crippen molar-refractivity contribution >= 4 is 11.6 Å². The average Bonchev–Trinajstić information content (AvgIpc) is 2.44. The Balaban J connectivity index is 2.33. The summed E-state index contributed by atoms with van der Waals surface area (Å²) in [5.41, 5.74) is 2.07. The number of phenols is 1. The second-order valence-corrected chi connectivity index (χ2v) is 4.26. The van der Waals surface area contributed by atoms with E-state index in [4.69, 9.17) is 0 Å². The molecule has 0 unspecified atom stereocenters. The molecule has 0 aliphatic rings. The normalized spacial score (nSPS) is 10.2. The Labute approximate surface area is 112 Å². The van der Waals surface area contributed by atoms with Gasteiger partial charge in [-0.15, -0.1) is 0 Å². The Morgan fingerprint density at radius 1 is 1.26 bits per heavy atom. The highest BCUT2D eigenvalue weighted by atomic mass is 16.3. The molecular weight excluding hydrogens is 240 g/mol. The summed E-state index contributed by atoms with van der Waals surface area (Å²) in [6, 6.07) is 8.47. The lowest BCUT2D eigenvalue weighted by Gasteiger charge is -2.21. The van der Waals surface area contributed by atoms with Gasteiger partial charge in [0.1, 0.15) is 5.75 Å². The van der Waals surface area contributed by atoms with Crippen molar-refractivity contribution in [3.63, 3.8) is 0 Å². The highest BCUT2D eigenvalue weighted by molar-refractivity contribution is 6.06. The Hall–Kier alpha value is -2.36. The highest BCUT2D eigenvalue weighted by Crippen LogP contribution is 2.20.